The van der Waals surface area contributed by atoms with Crippen molar-refractivity contribution < 1.29 is 4.79 Å². The summed E-state index contributed by atoms with van der Waals surface area (Å²) >= 11 is 8.11. The third-order valence-corrected chi connectivity index (χ3v) is 5.15. The summed E-state index contributed by atoms with van der Waals surface area (Å²) in [6.45, 7) is 1.95. The van der Waals surface area contributed by atoms with Gasteiger partial charge in [-0.05, 0) is 65.4 Å². The molecule has 0 fully saturated rings. The molecule has 0 bridgehead atoms. The highest BCUT2D eigenvalue weighted by Crippen LogP contribution is 2.20. The molecule has 0 saturated heterocycles. The summed E-state index contributed by atoms with van der Waals surface area (Å²) in [7, 11) is 0. The van der Waals surface area contributed by atoms with E-state index < -0.39 is 0 Å². The standard InChI is InChI=1S/C17H14ClIN4O/c1-11(22-17(24)13-4-7-15(18)16(19)8-13)12-2-5-14(6-3-12)23-10-20-9-21-23/h2-11H,1H3,(H,22,24). The smallest absolute Gasteiger partial charge is 0.251 e. The van der Waals surface area contributed by atoms with Crippen LogP contribution in [0, 0.1) is 3.57 Å². The molecule has 1 atom stereocenters. The monoisotopic (exact) mass is 452 g/mol. The van der Waals surface area contributed by atoms with Crippen LogP contribution in [-0.4, -0.2) is 20.7 Å². The number of amides is 1. The second kappa shape index (κ2) is 7.31. The molecule has 0 radical (unpaired) electrons. The van der Waals surface area contributed by atoms with Crippen LogP contribution in [0.25, 0.3) is 5.69 Å². The molecule has 3 rings (SSSR count). The van der Waals surface area contributed by atoms with E-state index in [0.29, 0.717) is 10.6 Å². The first kappa shape index (κ1) is 16.9. The molecule has 2 aromatic carbocycles. The van der Waals surface area contributed by atoms with Gasteiger partial charge in [0, 0.05) is 9.13 Å². The maximum Gasteiger partial charge on any atom is 0.251 e. The van der Waals surface area contributed by atoms with Crippen molar-refractivity contribution in [3.63, 3.8) is 0 Å². The average molecular weight is 453 g/mol. The Morgan fingerprint density at radius 1 is 1.25 bits per heavy atom. The van der Waals surface area contributed by atoms with Gasteiger partial charge in [0.15, 0.2) is 0 Å². The number of nitrogens with one attached hydrogen (secondary N) is 1. The Balaban J connectivity index is 1.71. The molecule has 1 N–H and O–H groups in total. The summed E-state index contributed by atoms with van der Waals surface area (Å²) in [4.78, 5) is 16.3. The van der Waals surface area contributed by atoms with Gasteiger partial charge in [0.25, 0.3) is 5.91 Å². The predicted octanol–water partition coefficient (Wildman–Crippen LogP) is 4.02. The van der Waals surface area contributed by atoms with Gasteiger partial charge in [-0.25, -0.2) is 9.67 Å². The summed E-state index contributed by atoms with van der Waals surface area (Å²) in [5.41, 5.74) is 2.52. The quantitative estimate of drug-likeness (QED) is 0.609. The van der Waals surface area contributed by atoms with Crippen LogP contribution in [0.15, 0.2) is 55.1 Å². The number of carbonyl (C=O) groups excluding carboxylic acids is 1. The molecule has 5 nitrogen and oxygen atoms in total. The van der Waals surface area contributed by atoms with Gasteiger partial charge < -0.3 is 5.32 Å². The van der Waals surface area contributed by atoms with Crippen LogP contribution in [0.2, 0.25) is 5.02 Å². The fourth-order valence-corrected chi connectivity index (χ4v) is 2.89. The maximum absolute atomic E-state index is 12.4. The topological polar surface area (TPSA) is 59.8 Å². The number of hydrogen-bond donors (Lipinski definition) is 1. The van der Waals surface area contributed by atoms with E-state index in [1.807, 2.05) is 31.2 Å². The molecule has 1 unspecified atom stereocenters. The van der Waals surface area contributed by atoms with Gasteiger partial charge in [0.05, 0.1) is 16.8 Å². The van der Waals surface area contributed by atoms with E-state index in [-0.39, 0.29) is 11.9 Å². The minimum atomic E-state index is -0.127. The van der Waals surface area contributed by atoms with E-state index in [9.17, 15) is 4.79 Å². The zero-order chi connectivity index (χ0) is 17.1. The van der Waals surface area contributed by atoms with Gasteiger partial charge in [0.2, 0.25) is 0 Å². The molecule has 0 saturated carbocycles. The van der Waals surface area contributed by atoms with Crippen LogP contribution in [0.3, 0.4) is 0 Å². The highest BCUT2D eigenvalue weighted by molar-refractivity contribution is 14.1. The van der Waals surface area contributed by atoms with Crippen molar-refractivity contribution >= 4 is 40.1 Å². The molecule has 0 aliphatic heterocycles. The SMILES string of the molecule is CC(NC(=O)c1ccc(Cl)c(I)c1)c1ccc(-n2cncn2)cc1. The third-order valence-electron chi connectivity index (χ3n) is 3.61. The number of rotatable bonds is 4. The highest BCUT2D eigenvalue weighted by atomic mass is 127. The lowest BCUT2D eigenvalue weighted by Crippen LogP contribution is -2.26. The first-order chi connectivity index (χ1) is 11.5. The largest absolute Gasteiger partial charge is 0.346 e. The van der Waals surface area contributed by atoms with Crippen LogP contribution in [0.1, 0.15) is 28.9 Å². The van der Waals surface area contributed by atoms with E-state index in [2.05, 4.69) is 38.0 Å². The average Bonchev–Trinajstić information content (AvgIpc) is 3.12. The molecule has 1 aromatic heterocycles. The summed E-state index contributed by atoms with van der Waals surface area (Å²) < 4.78 is 2.54. The van der Waals surface area contributed by atoms with Crippen LogP contribution in [0.5, 0.6) is 0 Å². The van der Waals surface area contributed by atoms with Gasteiger partial charge in [-0.1, -0.05) is 23.7 Å². The molecular weight excluding hydrogens is 439 g/mol. The summed E-state index contributed by atoms with van der Waals surface area (Å²) in [6, 6.07) is 12.9. The third kappa shape index (κ3) is 3.76. The van der Waals surface area contributed by atoms with Crippen molar-refractivity contribution in [3.05, 3.63) is 74.8 Å². The van der Waals surface area contributed by atoms with Crippen molar-refractivity contribution in [2.75, 3.05) is 0 Å². The Kier molecular flexibility index (Phi) is 5.15. The van der Waals surface area contributed by atoms with Gasteiger partial charge in [-0.3, -0.25) is 4.79 Å². The second-order valence-electron chi connectivity index (χ2n) is 5.26. The van der Waals surface area contributed by atoms with Crippen molar-refractivity contribution in [1.82, 2.24) is 20.1 Å². The van der Waals surface area contributed by atoms with Crippen LogP contribution in [0.4, 0.5) is 0 Å². The van der Waals surface area contributed by atoms with E-state index in [0.717, 1.165) is 14.8 Å². The number of hydrogen-bond acceptors (Lipinski definition) is 3. The predicted molar refractivity (Wildman–Crippen MR) is 101 cm³/mol. The van der Waals surface area contributed by atoms with E-state index >= 15 is 0 Å². The number of carbonyl (C=O) groups is 1. The van der Waals surface area contributed by atoms with E-state index in [1.165, 1.54) is 6.33 Å². The van der Waals surface area contributed by atoms with E-state index in [4.69, 9.17) is 11.6 Å². The lowest BCUT2D eigenvalue weighted by atomic mass is 10.1. The molecule has 1 amide bonds. The maximum atomic E-state index is 12.4. The molecule has 1 heterocycles. The molecule has 0 aliphatic carbocycles. The molecule has 0 aliphatic rings. The lowest BCUT2D eigenvalue weighted by molar-refractivity contribution is 0.0940. The number of aromatic nitrogens is 3. The minimum absolute atomic E-state index is 0.115. The second-order valence-corrected chi connectivity index (χ2v) is 6.83. The van der Waals surface area contributed by atoms with Gasteiger partial charge >= 0.3 is 0 Å². The van der Waals surface area contributed by atoms with E-state index in [1.54, 1.807) is 29.2 Å². The number of halogens is 2. The fraction of sp³-hybridized carbons (Fsp3) is 0.118. The fourth-order valence-electron chi connectivity index (χ4n) is 2.26. The first-order valence-electron chi connectivity index (χ1n) is 7.25. The summed E-state index contributed by atoms with van der Waals surface area (Å²) in [5.74, 6) is -0.127. The molecular formula is C17H14ClIN4O. The molecule has 3 aromatic rings. The Morgan fingerprint density at radius 3 is 2.62 bits per heavy atom. The van der Waals surface area contributed by atoms with Gasteiger partial charge in [-0.15, -0.1) is 0 Å². The Bertz CT molecular complexity index is 850. The molecule has 122 valence electrons. The summed E-state index contributed by atoms with van der Waals surface area (Å²) in [5, 5.41) is 7.72. The zero-order valence-corrected chi connectivity index (χ0v) is 15.7. The number of nitrogens with zero attached hydrogens (tertiary/aromatic N) is 3. The number of benzene rings is 2. The van der Waals surface area contributed by atoms with Gasteiger partial charge in [-0.2, -0.15) is 5.10 Å². The van der Waals surface area contributed by atoms with Crippen LogP contribution >= 0.6 is 34.2 Å². The highest BCUT2D eigenvalue weighted by Gasteiger charge is 2.12. The Labute approximate surface area is 158 Å². The summed E-state index contributed by atoms with van der Waals surface area (Å²) in [6.07, 6.45) is 3.13. The molecule has 7 heteroatoms. The normalized spacial score (nSPS) is 12.0. The van der Waals surface area contributed by atoms with Gasteiger partial charge in [0.1, 0.15) is 12.7 Å². The zero-order valence-electron chi connectivity index (χ0n) is 12.8. The lowest BCUT2D eigenvalue weighted by Gasteiger charge is -2.15. The molecule has 24 heavy (non-hydrogen) atoms. The van der Waals surface area contributed by atoms with Crippen LogP contribution in [-0.2, 0) is 0 Å². The molecule has 0 spiro atoms. The van der Waals surface area contributed by atoms with Crippen molar-refractivity contribution in [1.29, 1.82) is 0 Å². The first-order valence-corrected chi connectivity index (χ1v) is 8.71. The van der Waals surface area contributed by atoms with Crippen LogP contribution < -0.4 is 5.32 Å². The van der Waals surface area contributed by atoms with Crippen molar-refractivity contribution in [2.24, 2.45) is 0 Å². The minimum Gasteiger partial charge on any atom is -0.346 e. The Morgan fingerprint density at radius 2 is 2.00 bits per heavy atom. The van der Waals surface area contributed by atoms with Crippen molar-refractivity contribution in [2.45, 2.75) is 13.0 Å². The van der Waals surface area contributed by atoms with Crippen molar-refractivity contribution in [3.8, 4) is 5.69 Å². The Hall–Kier alpha value is -1.93.